The van der Waals surface area contributed by atoms with Crippen LogP contribution in [0.25, 0.3) is 0 Å². The zero-order valence-corrected chi connectivity index (χ0v) is 19.0. The van der Waals surface area contributed by atoms with Crippen LogP contribution in [0.3, 0.4) is 0 Å². The minimum absolute atomic E-state index is 0.0343. The molecule has 1 saturated heterocycles. The molecule has 166 valence electrons. The normalized spacial score (nSPS) is 20.5. The fourth-order valence-electron chi connectivity index (χ4n) is 3.38. The van der Waals surface area contributed by atoms with E-state index in [1.54, 1.807) is 49.1 Å². The molecule has 0 radical (unpaired) electrons. The van der Waals surface area contributed by atoms with E-state index in [0.717, 1.165) is 8.01 Å². The zero-order chi connectivity index (χ0) is 23.1. The molecule has 1 heterocycles. The van der Waals surface area contributed by atoms with Crippen molar-refractivity contribution < 1.29 is 29.1 Å². The minimum atomic E-state index is -1.24. The molecule has 12 heteroatoms. The van der Waals surface area contributed by atoms with Crippen molar-refractivity contribution in [3.63, 3.8) is 0 Å². The largest absolute Gasteiger partial charge is 0.480 e. The molecule has 1 saturated carbocycles. The molecule has 2 atom stereocenters. The highest BCUT2D eigenvalue weighted by Crippen LogP contribution is 2.47. The van der Waals surface area contributed by atoms with E-state index in [1.165, 1.54) is 17.0 Å². The summed E-state index contributed by atoms with van der Waals surface area (Å²) in [7, 11) is 3.10. The number of halogens is 1. The molecule has 1 aliphatic heterocycles. The highest BCUT2D eigenvalue weighted by Gasteiger charge is 2.57. The van der Waals surface area contributed by atoms with Crippen molar-refractivity contribution in [2.24, 2.45) is 11.1 Å². The van der Waals surface area contributed by atoms with E-state index in [2.05, 4.69) is 5.32 Å². The van der Waals surface area contributed by atoms with Gasteiger partial charge < -0.3 is 21.1 Å². The maximum absolute atomic E-state index is 12.6. The molecule has 3 rings (SSSR count). The SMILES string of the molecule is CN(C)C(=O)C1(C(=O)N[C@@H](Cc2ccc(N3C(=O)[C@H](N)N(I)C3=O)cc2)C(=O)O)CC1. The molecule has 1 aliphatic carbocycles. The molecule has 4 N–H and O–H groups in total. The molecular weight excluding hydrogens is 521 g/mol. The number of rotatable bonds is 7. The summed E-state index contributed by atoms with van der Waals surface area (Å²) in [4.78, 5) is 63.2. The summed E-state index contributed by atoms with van der Waals surface area (Å²) in [6, 6.07) is 4.34. The first-order valence-electron chi connectivity index (χ1n) is 9.42. The van der Waals surface area contributed by atoms with Gasteiger partial charge in [-0.3, -0.25) is 14.4 Å². The number of hydrogen-bond acceptors (Lipinski definition) is 6. The predicted molar refractivity (Wildman–Crippen MR) is 117 cm³/mol. The average Bonchev–Trinajstić information content (AvgIpc) is 3.51. The summed E-state index contributed by atoms with van der Waals surface area (Å²) in [5, 5.41) is 12.0. The summed E-state index contributed by atoms with van der Waals surface area (Å²) < 4.78 is 1.09. The van der Waals surface area contributed by atoms with E-state index < -0.39 is 41.4 Å². The standard InChI is InChI=1S/C19H22IN5O6/c1-23(2)17(30)19(7-8-19)16(29)22-12(15(27)28)9-10-3-5-11(6-4-10)24-14(26)13(21)25(20)18(24)31/h3-6,12-13H,7-9,21H2,1-2H3,(H,22,29)(H,27,28)/t12-,13+/m0/s1. The molecule has 11 nitrogen and oxygen atoms in total. The second kappa shape index (κ2) is 8.42. The fourth-order valence-corrected chi connectivity index (χ4v) is 3.83. The Morgan fingerprint density at radius 3 is 2.26 bits per heavy atom. The van der Waals surface area contributed by atoms with Crippen LogP contribution in [0.5, 0.6) is 0 Å². The van der Waals surface area contributed by atoms with Crippen LogP contribution < -0.4 is 16.0 Å². The summed E-state index contributed by atoms with van der Waals surface area (Å²) in [5.41, 5.74) is 5.34. The minimum Gasteiger partial charge on any atom is -0.480 e. The Bertz CT molecular complexity index is 926. The van der Waals surface area contributed by atoms with E-state index in [0.29, 0.717) is 24.1 Å². The number of hydrogen-bond donors (Lipinski definition) is 3. The van der Waals surface area contributed by atoms with Gasteiger partial charge in [-0.2, -0.15) is 0 Å². The highest BCUT2D eigenvalue weighted by molar-refractivity contribution is 14.1. The first kappa shape index (κ1) is 22.9. The number of nitrogens with one attached hydrogen (secondary N) is 1. The van der Waals surface area contributed by atoms with Gasteiger partial charge in [0.2, 0.25) is 11.8 Å². The van der Waals surface area contributed by atoms with Crippen molar-refractivity contribution >= 4 is 58.3 Å². The molecule has 5 amide bonds. The predicted octanol–water partition coefficient (Wildman–Crippen LogP) is 0.0703. The molecule has 0 unspecified atom stereocenters. The van der Waals surface area contributed by atoms with Gasteiger partial charge in [0.15, 0.2) is 6.17 Å². The molecule has 0 spiro atoms. The van der Waals surface area contributed by atoms with Gasteiger partial charge >= 0.3 is 12.0 Å². The van der Waals surface area contributed by atoms with Crippen LogP contribution in [0.1, 0.15) is 18.4 Å². The number of nitrogens with zero attached hydrogens (tertiary/aromatic N) is 3. The number of imide groups is 1. The lowest BCUT2D eigenvalue weighted by Crippen LogP contribution is -2.49. The number of carbonyl (C=O) groups is 5. The second-order valence-electron chi connectivity index (χ2n) is 7.73. The topological polar surface area (TPSA) is 153 Å². The number of urea groups is 1. The van der Waals surface area contributed by atoms with E-state index in [4.69, 9.17) is 5.73 Å². The van der Waals surface area contributed by atoms with Crippen molar-refractivity contribution in [1.29, 1.82) is 0 Å². The van der Waals surface area contributed by atoms with Gasteiger partial charge in [0, 0.05) is 20.5 Å². The molecular formula is C19H22IN5O6. The van der Waals surface area contributed by atoms with Crippen molar-refractivity contribution in [3.05, 3.63) is 29.8 Å². The number of benzene rings is 1. The zero-order valence-electron chi connectivity index (χ0n) is 16.9. The van der Waals surface area contributed by atoms with Gasteiger partial charge in [-0.1, -0.05) is 12.1 Å². The lowest BCUT2D eigenvalue weighted by atomic mass is 10.0. The summed E-state index contributed by atoms with van der Waals surface area (Å²) in [6.45, 7) is 0. The number of amides is 5. The molecule has 0 aromatic heterocycles. The van der Waals surface area contributed by atoms with Crippen LogP contribution in [0.15, 0.2) is 24.3 Å². The van der Waals surface area contributed by atoms with Crippen molar-refractivity contribution in [2.45, 2.75) is 31.5 Å². The van der Waals surface area contributed by atoms with E-state index in [9.17, 15) is 29.1 Å². The van der Waals surface area contributed by atoms with Crippen molar-refractivity contribution in [2.75, 3.05) is 19.0 Å². The lowest BCUT2D eigenvalue weighted by Gasteiger charge is -2.22. The third kappa shape index (κ3) is 4.21. The Balaban J connectivity index is 1.71. The first-order chi connectivity index (χ1) is 14.5. The molecule has 0 bridgehead atoms. The van der Waals surface area contributed by atoms with Gasteiger partial charge in [0.25, 0.3) is 5.91 Å². The fraction of sp³-hybridized carbons (Fsp3) is 0.421. The number of anilines is 1. The third-order valence-corrected chi connectivity index (χ3v) is 6.34. The Morgan fingerprint density at radius 2 is 1.84 bits per heavy atom. The van der Waals surface area contributed by atoms with Gasteiger partial charge in [0.05, 0.1) is 28.6 Å². The Kier molecular flexibility index (Phi) is 6.23. The number of carbonyl (C=O) groups excluding carboxylic acids is 4. The summed E-state index contributed by atoms with van der Waals surface area (Å²) in [6.07, 6.45) is -0.345. The lowest BCUT2D eigenvalue weighted by molar-refractivity contribution is -0.147. The Labute approximate surface area is 192 Å². The van der Waals surface area contributed by atoms with Gasteiger partial charge in [0.1, 0.15) is 11.5 Å². The van der Waals surface area contributed by atoms with Crippen LogP contribution in [0.4, 0.5) is 10.5 Å². The highest BCUT2D eigenvalue weighted by atomic mass is 127. The van der Waals surface area contributed by atoms with E-state index >= 15 is 0 Å². The van der Waals surface area contributed by atoms with Crippen LogP contribution in [0.2, 0.25) is 0 Å². The van der Waals surface area contributed by atoms with Gasteiger partial charge in [-0.25, -0.2) is 17.6 Å². The molecule has 1 aromatic carbocycles. The van der Waals surface area contributed by atoms with Crippen LogP contribution in [-0.2, 0) is 25.6 Å². The number of aliphatic carboxylic acids is 1. The maximum Gasteiger partial charge on any atom is 0.342 e. The Morgan fingerprint density at radius 1 is 1.26 bits per heavy atom. The van der Waals surface area contributed by atoms with Crippen molar-refractivity contribution in [3.8, 4) is 0 Å². The van der Waals surface area contributed by atoms with Gasteiger partial charge in [-0.05, 0) is 30.5 Å². The molecule has 31 heavy (non-hydrogen) atoms. The molecule has 2 aliphatic rings. The smallest absolute Gasteiger partial charge is 0.342 e. The second-order valence-corrected chi connectivity index (χ2v) is 8.77. The third-order valence-electron chi connectivity index (χ3n) is 5.33. The monoisotopic (exact) mass is 543 g/mol. The number of carboxylic acid groups (broad SMARTS) is 1. The van der Waals surface area contributed by atoms with Gasteiger partial charge in [-0.15, -0.1) is 0 Å². The van der Waals surface area contributed by atoms with E-state index in [1.807, 2.05) is 0 Å². The quantitative estimate of drug-likeness (QED) is 0.190. The molecule has 1 aromatic rings. The van der Waals surface area contributed by atoms with Crippen LogP contribution >= 0.6 is 22.9 Å². The van der Waals surface area contributed by atoms with Crippen molar-refractivity contribution in [1.82, 2.24) is 13.3 Å². The van der Waals surface area contributed by atoms with Crippen LogP contribution in [-0.4, -0.2) is 69.1 Å². The Hall–Kier alpha value is -2.74. The average molecular weight is 543 g/mol. The number of nitrogens with two attached hydrogens (primary N) is 1. The molecule has 2 fully saturated rings. The summed E-state index contributed by atoms with van der Waals surface area (Å²) >= 11 is 1.67. The maximum atomic E-state index is 12.6. The van der Waals surface area contributed by atoms with E-state index in [-0.39, 0.29) is 12.3 Å². The summed E-state index contributed by atoms with van der Waals surface area (Å²) in [5.74, 6) is -2.74. The first-order valence-corrected chi connectivity index (χ1v) is 10.4. The number of carboxylic acids is 1. The van der Waals surface area contributed by atoms with Crippen LogP contribution in [0, 0.1) is 5.41 Å².